The summed E-state index contributed by atoms with van der Waals surface area (Å²) in [5.74, 6) is 0. The molecule has 1 heterocycles. The first-order valence-electron chi connectivity index (χ1n) is 12.3. The SMILES string of the molecule is Cc1cc2c(cc1-c1c(C)ncc(C)[n+]1C)C1(c3ccccc3-c3ccccc31)c1ccccc1-2. The van der Waals surface area contributed by atoms with Gasteiger partial charge in [0.1, 0.15) is 12.7 Å². The van der Waals surface area contributed by atoms with Gasteiger partial charge in [-0.15, -0.1) is 0 Å². The predicted molar refractivity (Wildman–Crippen MR) is 141 cm³/mol. The Balaban J connectivity index is 1.65. The van der Waals surface area contributed by atoms with Crippen LogP contribution in [0, 0.1) is 20.8 Å². The Morgan fingerprint density at radius 3 is 1.69 bits per heavy atom. The number of nitrogens with zero attached hydrogens (tertiary/aromatic N) is 2. The summed E-state index contributed by atoms with van der Waals surface area (Å²) in [7, 11) is 2.15. The summed E-state index contributed by atoms with van der Waals surface area (Å²) in [6.45, 7) is 6.48. The Kier molecular flexibility index (Phi) is 4.06. The van der Waals surface area contributed by atoms with E-state index in [-0.39, 0.29) is 5.41 Å². The zero-order valence-electron chi connectivity index (χ0n) is 20.6. The van der Waals surface area contributed by atoms with Gasteiger partial charge in [-0.3, -0.25) is 0 Å². The summed E-state index contributed by atoms with van der Waals surface area (Å²) in [6, 6.07) is 31.8. The predicted octanol–water partition coefficient (Wildman–Crippen LogP) is 6.84. The first-order chi connectivity index (χ1) is 17.0. The Morgan fingerprint density at radius 1 is 0.600 bits per heavy atom. The summed E-state index contributed by atoms with van der Waals surface area (Å²) in [5.41, 5.74) is 16.5. The van der Waals surface area contributed by atoms with Gasteiger partial charge in [-0.25, -0.2) is 4.98 Å². The van der Waals surface area contributed by atoms with E-state index < -0.39 is 0 Å². The molecule has 1 aromatic heterocycles. The summed E-state index contributed by atoms with van der Waals surface area (Å²) in [4.78, 5) is 4.73. The van der Waals surface area contributed by atoms with Gasteiger partial charge in [0.2, 0.25) is 5.69 Å². The highest BCUT2D eigenvalue weighted by Gasteiger charge is 2.51. The van der Waals surface area contributed by atoms with Gasteiger partial charge < -0.3 is 0 Å². The Bertz CT molecular complexity index is 1650. The fourth-order valence-corrected chi connectivity index (χ4v) is 6.63. The van der Waals surface area contributed by atoms with Crippen LogP contribution in [0.3, 0.4) is 0 Å². The van der Waals surface area contributed by atoms with Crippen molar-refractivity contribution in [3.8, 4) is 33.5 Å². The van der Waals surface area contributed by atoms with Gasteiger partial charge >= 0.3 is 0 Å². The van der Waals surface area contributed by atoms with Crippen LogP contribution in [0.4, 0.5) is 0 Å². The van der Waals surface area contributed by atoms with E-state index in [9.17, 15) is 0 Å². The summed E-state index contributed by atoms with van der Waals surface area (Å²) < 4.78 is 2.28. The van der Waals surface area contributed by atoms with Crippen molar-refractivity contribution in [3.05, 3.63) is 130 Å². The first-order valence-corrected chi connectivity index (χ1v) is 12.3. The lowest BCUT2D eigenvalue weighted by molar-refractivity contribution is -0.667. The van der Waals surface area contributed by atoms with Crippen LogP contribution in [0.2, 0.25) is 0 Å². The normalized spacial score (nSPS) is 13.9. The molecule has 0 aliphatic heterocycles. The molecule has 4 aromatic carbocycles. The molecule has 2 nitrogen and oxygen atoms in total. The third kappa shape index (κ3) is 2.44. The van der Waals surface area contributed by atoms with Crippen LogP contribution in [0.1, 0.15) is 39.2 Å². The van der Waals surface area contributed by atoms with Crippen LogP contribution in [-0.4, -0.2) is 4.98 Å². The van der Waals surface area contributed by atoms with E-state index in [1.165, 1.54) is 61.3 Å². The molecule has 0 bridgehead atoms. The lowest BCUT2D eigenvalue weighted by Crippen LogP contribution is -2.36. The van der Waals surface area contributed by atoms with Gasteiger partial charge in [0.05, 0.1) is 17.2 Å². The maximum atomic E-state index is 4.73. The number of rotatable bonds is 1. The highest BCUT2D eigenvalue weighted by Crippen LogP contribution is 2.63. The van der Waals surface area contributed by atoms with E-state index in [0.29, 0.717) is 0 Å². The van der Waals surface area contributed by atoms with Crippen LogP contribution < -0.4 is 4.57 Å². The average molecular weight is 452 g/mol. The lowest BCUT2D eigenvalue weighted by Gasteiger charge is -2.30. The minimum Gasteiger partial charge on any atom is -0.248 e. The molecule has 0 saturated heterocycles. The number of aromatic nitrogens is 2. The van der Waals surface area contributed by atoms with Gasteiger partial charge in [0, 0.05) is 6.92 Å². The molecule has 2 heteroatoms. The van der Waals surface area contributed by atoms with Crippen LogP contribution in [0.25, 0.3) is 33.5 Å². The lowest BCUT2D eigenvalue weighted by atomic mass is 9.70. The molecule has 0 saturated carbocycles. The fraction of sp³-hybridized carbons (Fsp3) is 0.152. The smallest absolute Gasteiger partial charge is 0.234 e. The maximum Gasteiger partial charge on any atom is 0.234 e. The second kappa shape index (κ2) is 6.99. The van der Waals surface area contributed by atoms with Crippen LogP contribution in [-0.2, 0) is 12.5 Å². The number of benzene rings is 4. The molecule has 2 aliphatic rings. The molecule has 1 spiro atoms. The van der Waals surface area contributed by atoms with Gasteiger partial charge in [-0.2, -0.15) is 4.57 Å². The van der Waals surface area contributed by atoms with Crippen molar-refractivity contribution in [2.75, 3.05) is 0 Å². The monoisotopic (exact) mass is 451 g/mol. The largest absolute Gasteiger partial charge is 0.248 e. The molecular weight excluding hydrogens is 424 g/mol. The molecule has 168 valence electrons. The van der Waals surface area contributed by atoms with E-state index in [1.807, 2.05) is 6.20 Å². The molecule has 0 atom stereocenters. The highest BCUT2D eigenvalue weighted by atomic mass is 15.0. The molecule has 35 heavy (non-hydrogen) atoms. The molecule has 7 rings (SSSR count). The van der Waals surface area contributed by atoms with Crippen molar-refractivity contribution in [1.29, 1.82) is 0 Å². The average Bonchev–Trinajstić information content (AvgIpc) is 3.34. The minimum atomic E-state index is -0.314. The molecule has 5 aromatic rings. The second-order valence-corrected chi connectivity index (χ2v) is 9.99. The third-order valence-electron chi connectivity index (χ3n) is 8.25. The summed E-state index contributed by atoms with van der Waals surface area (Å²) in [5, 5.41) is 0. The Hall–Kier alpha value is -4.04. The van der Waals surface area contributed by atoms with Crippen molar-refractivity contribution in [2.45, 2.75) is 26.2 Å². The van der Waals surface area contributed by atoms with E-state index >= 15 is 0 Å². The van der Waals surface area contributed by atoms with Crippen molar-refractivity contribution in [1.82, 2.24) is 4.98 Å². The van der Waals surface area contributed by atoms with Crippen LogP contribution in [0.15, 0.2) is 91.1 Å². The van der Waals surface area contributed by atoms with E-state index in [2.05, 4.69) is 117 Å². The van der Waals surface area contributed by atoms with Crippen LogP contribution in [0.5, 0.6) is 0 Å². The molecule has 0 N–H and O–H groups in total. The first kappa shape index (κ1) is 20.3. The zero-order chi connectivity index (χ0) is 23.9. The standard InChI is InChI=1S/C33H27N2/c1-20-17-27-25-13-7-10-16-30(25)33(28-14-8-5-11-23(28)24-12-6-9-15-29(24)33)31(27)18-26(20)32-22(3)34-19-21(2)35(32)4/h5-19H,1-4H3/q+1. The Labute approximate surface area is 206 Å². The quantitative estimate of drug-likeness (QED) is 0.250. The molecule has 0 amide bonds. The molecule has 2 aliphatic carbocycles. The van der Waals surface area contributed by atoms with Gasteiger partial charge in [0.15, 0.2) is 5.69 Å². The molecule has 0 radical (unpaired) electrons. The third-order valence-corrected chi connectivity index (χ3v) is 8.25. The van der Waals surface area contributed by atoms with Crippen molar-refractivity contribution in [3.63, 3.8) is 0 Å². The number of hydrogen-bond acceptors (Lipinski definition) is 1. The molecule has 0 fully saturated rings. The maximum absolute atomic E-state index is 4.73. The highest BCUT2D eigenvalue weighted by molar-refractivity contribution is 5.96. The van der Waals surface area contributed by atoms with E-state index in [1.54, 1.807) is 0 Å². The van der Waals surface area contributed by atoms with Crippen molar-refractivity contribution in [2.24, 2.45) is 7.05 Å². The zero-order valence-corrected chi connectivity index (χ0v) is 20.6. The molecule has 0 unspecified atom stereocenters. The van der Waals surface area contributed by atoms with Gasteiger partial charge in [-0.1, -0.05) is 78.9 Å². The minimum absolute atomic E-state index is 0.314. The topological polar surface area (TPSA) is 16.8 Å². The molecular formula is C33H27N2+. The van der Waals surface area contributed by atoms with E-state index in [4.69, 9.17) is 4.98 Å². The second-order valence-electron chi connectivity index (χ2n) is 9.99. The van der Waals surface area contributed by atoms with Crippen LogP contribution >= 0.6 is 0 Å². The van der Waals surface area contributed by atoms with Crippen molar-refractivity contribution >= 4 is 0 Å². The number of hydrogen-bond donors (Lipinski definition) is 0. The van der Waals surface area contributed by atoms with E-state index in [0.717, 1.165) is 11.4 Å². The Morgan fingerprint density at radius 2 is 1.11 bits per heavy atom. The van der Waals surface area contributed by atoms with Crippen molar-refractivity contribution < 1.29 is 4.57 Å². The fourth-order valence-electron chi connectivity index (χ4n) is 6.63. The number of fused-ring (bicyclic) bond motifs is 10. The number of aryl methyl sites for hydroxylation is 3. The van der Waals surface area contributed by atoms with Gasteiger partial charge in [-0.05, 0) is 70.0 Å². The summed E-state index contributed by atoms with van der Waals surface area (Å²) in [6.07, 6.45) is 1.96. The van der Waals surface area contributed by atoms with Gasteiger partial charge in [0.25, 0.3) is 0 Å². The summed E-state index contributed by atoms with van der Waals surface area (Å²) >= 11 is 0.